The molecule has 1 aromatic heterocycles. The number of ether oxygens (including phenoxy) is 1. The van der Waals surface area contributed by atoms with Gasteiger partial charge in [-0.15, -0.1) is 10.2 Å². The van der Waals surface area contributed by atoms with Crippen molar-refractivity contribution in [2.45, 2.75) is 20.5 Å². The molecule has 140 valence electrons. The highest BCUT2D eigenvalue weighted by molar-refractivity contribution is 7.15. The zero-order chi connectivity index (χ0) is 19.4. The van der Waals surface area contributed by atoms with Crippen LogP contribution < -0.4 is 15.4 Å². The molecular weight excluding hydrogens is 407 g/mol. The lowest BCUT2D eigenvalue weighted by Crippen LogP contribution is -2.19. The van der Waals surface area contributed by atoms with Crippen LogP contribution in [-0.2, 0) is 6.61 Å². The minimum Gasteiger partial charge on any atom is -0.486 e. The molecule has 2 aromatic carbocycles. The second-order valence-corrected chi connectivity index (χ2v) is 7.62. The molecule has 0 saturated heterocycles. The summed E-state index contributed by atoms with van der Waals surface area (Å²) >= 11 is 13.1. The largest absolute Gasteiger partial charge is 0.486 e. The summed E-state index contributed by atoms with van der Waals surface area (Å²) in [4.78, 5) is 12.1. The van der Waals surface area contributed by atoms with E-state index in [9.17, 15) is 4.79 Å². The summed E-state index contributed by atoms with van der Waals surface area (Å²) in [6.07, 6.45) is 0. The van der Waals surface area contributed by atoms with Gasteiger partial charge in [0.1, 0.15) is 12.4 Å². The van der Waals surface area contributed by atoms with Crippen molar-refractivity contribution in [1.29, 1.82) is 0 Å². The number of nitrogens with one attached hydrogen (secondary N) is 2. The molecule has 0 aliphatic rings. The van der Waals surface area contributed by atoms with Crippen molar-refractivity contribution in [2.75, 3.05) is 10.6 Å². The van der Waals surface area contributed by atoms with E-state index in [0.29, 0.717) is 25.9 Å². The average molecular weight is 423 g/mol. The van der Waals surface area contributed by atoms with E-state index in [2.05, 4.69) is 20.8 Å². The van der Waals surface area contributed by atoms with Crippen LogP contribution in [0.5, 0.6) is 5.75 Å². The minimum atomic E-state index is -0.474. The van der Waals surface area contributed by atoms with Crippen LogP contribution in [0.1, 0.15) is 16.1 Å². The van der Waals surface area contributed by atoms with Gasteiger partial charge in [-0.3, -0.25) is 5.32 Å². The van der Waals surface area contributed by atoms with Crippen molar-refractivity contribution in [2.24, 2.45) is 0 Å². The number of hydrogen-bond acceptors (Lipinski definition) is 5. The number of amides is 2. The fourth-order valence-corrected chi connectivity index (χ4v) is 3.47. The number of halogens is 2. The predicted octanol–water partition coefficient (Wildman–Crippen LogP) is 5.68. The van der Waals surface area contributed by atoms with Crippen LogP contribution in [0.25, 0.3) is 0 Å². The van der Waals surface area contributed by atoms with Gasteiger partial charge in [-0.05, 0) is 43.2 Å². The summed E-state index contributed by atoms with van der Waals surface area (Å²) in [6.45, 7) is 4.25. The maximum Gasteiger partial charge on any atom is 0.325 e. The van der Waals surface area contributed by atoms with Gasteiger partial charge < -0.3 is 10.1 Å². The van der Waals surface area contributed by atoms with E-state index in [1.54, 1.807) is 18.2 Å². The monoisotopic (exact) mass is 422 g/mol. The Morgan fingerprint density at radius 1 is 1.11 bits per heavy atom. The van der Waals surface area contributed by atoms with E-state index in [1.807, 2.05) is 32.0 Å². The number of anilines is 2. The molecule has 2 N–H and O–H groups in total. The summed E-state index contributed by atoms with van der Waals surface area (Å²) < 4.78 is 5.84. The third-order valence-electron chi connectivity index (χ3n) is 3.62. The minimum absolute atomic E-state index is 0.273. The first kappa shape index (κ1) is 19.4. The highest BCUT2D eigenvalue weighted by Gasteiger charge is 2.11. The Labute approximate surface area is 170 Å². The van der Waals surface area contributed by atoms with Crippen LogP contribution in [-0.4, -0.2) is 16.2 Å². The Balaban J connectivity index is 1.58. The lowest BCUT2D eigenvalue weighted by atomic mass is 10.1. The van der Waals surface area contributed by atoms with Crippen LogP contribution in [0.4, 0.5) is 15.6 Å². The number of rotatable bonds is 5. The SMILES string of the molecule is Cc1cccc(C)c1OCc1nnc(NC(=O)Nc2ccc(Cl)cc2Cl)s1. The van der Waals surface area contributed by atoms with Crippen LogP contribution in [0, 0.1) is 13.8 Å². The molecular formula is C18H16Cl2N4O2S. The number of carbonyl (C=O) groups excluding carboxylic acids is 1. The molecule has 0 radical (unpaired) electrons. The summed E-state index contributed by atoms with van der Waals surface area (Å²) in [5.41, 5.74) is 2.55. The van der Waals surface area contributed by atoms with Crippen LogP contribution >= 0.6 is 34.5 Å². The molecule has 0 spiro atoms. The zero-order valence-corrected chi connectivity index (χ0v) is 16.9. The Hall–Kier alpha value is -2.35. The Morgan fingerprint density at radius 3 is 2.56 bits per heavy atom. The van der Waals surface area contributed by atoms with E-state index in [-0.39, 0.29) is 6.61 Å². The molecule has 0 unspecified atom stereocenters. The summed E-state index contributed by atoms with van der Waals surface area (Å²) in [7, 11) is 0. The molecule has 3 aromatic rings. The van der Waals surface area contributed by atoms with E-state index in [4.69, 9.17) is 27.9 Å². The number of hydrogen-bond donors (Lipinski definition) is 2. The van der Waals surface area contributed by atoms with Gasteiger partial charge in [0.05, 0.1) is 10.7 Å². The summed E-state index contributed by atoms with van der Waals surface area (Å²) in [6, 6.07) is 10.3. The second-order valence-electron chi connectivity index (χ2n) is 5.71. The standard InChI is InChI=1S/C18H16Cl2N4O2S/c1-10-4-3-5-11(2)16(10)26-9-15-23-24-18(27-15)22-17(25)21-14-7-6-12(19)8-13(14)20/h3-8H,9H2,1-2H3,(H2,21,22,24,25). The van der Waals surface area contributed by atoms with Crippen LogP contribution in [0.3, 0.4) is 0 Å². The van der Waals surface area contributed by atoms with Crippen molar-refractivity contribution in [3.05, 3.63) is 62.6 Å². The van der Waals surface area contributed by atoms with Gasteiger partial charge in [0.15, 0.2) is 5.01 Å². The number of para-hydroxylation sites is 1. The van der Waals surface area contributed by atoms with Crippen molar-refractivity contribution < 1.29 is 9.53 Å². The number of nitrogens with zero attached hydrogens (tertiary/aromatic N) is 2. The van der Waals surface area contributed by atoms with E-state index in [1.165, 1.54) is 11.3 Å². The van der Waals surface area contributed by atoms with Gasteiger partial charge in [-0.2, -0.15) is 0 Å². The first-order valence-corrected chi connectivity index (χ1v) is 9.54. The quantitative estimate of drug-likeness (QED) is 0.553. The fourth-order valence-electron chi connectivity index (χ4n) is 2.36. The second kappa shape index (κ2) is 8.56. The summed E-state index contributed by atoms with van der Waals surface area (Å²) in [5, 5.41) is 15.1. The molecule has 3 rings (SSSR count). The normalized spacial score (nSPS) is 10.5. The number of carbonyl (C=O) groups is 1. The first-order chi connectivity index (χ1) is 12.9. The highest BCUT2D eigenvalue weighted by Crippen LogP contribution is 2.26. The van der Waals surface area contributed by atoms with Gasteiger partial charge >= 0.3 is 6.03 Å². The number of urea groups is 1. The number of aryl methyl sites for hydroxylation is 2. The van der Waals surface area contributed by atoms with Crippen molar-refractivity contribution in [3.63, 3.8) is 0 Å². The van der Waals surface area contributed by atoms with Gasteiger partial charge in [-0.1, -0.05) is 52.7 Å². The lowest BCUT2D eigenvalue weighted by molar-refractivity contribution is 0.262. The maximum atomic E-state index is 12.1. The zero-order valence-electron chi connectivity index (χ0n) is 14.5. The van der Waals surface area contributed by atoms with Crippen molar-refractivity contribution in [1.82, 2.24) is 10.2 Å². The number of aromatic nitrogens is 2. The Morgan fingerprint density at radius 2 is 1.85 bits per heavy atom. The third kappa shape index (κ3) is 5.09. The molecule has 1 heterocycles. The summed E-state index contributed by atoms with van der Waals surface area (Å²) in [5.74, 6) is 0.831. The molecule has 0 aliphatic carbocycles. The molecule has 0 atom stereocenters. The molecule has 0 aliphatic heterocycles. The number of benzene rings is 2. The van der Waals surface area contributed by atoms with Crippen LogP contribution in [0.15, 0.2) is 36.4 Å². The van der Waals surface area contributed by atoms with Gasteiger partial charge in [0, 0.05) is 5.02 Å². The van der Waals surface area contributed by atoms with Gasteiger partial charge in [0.2, 0.25) is 5.13 Å². The van der Waals surface area contributed by atoms with Gasteiger partial charge in [0.25, 0.3) is 0 Å². The molecule has 0 fully saturated rings. The Kier molecular flexibility index (Phi) is 6.15. The van der Waals surface area contributed by atoms with Gasteiger partial charge in [-0.25, -0.2) is 4.79 Å². The lowest BCUT2D eigenvalue weighted by Gasteiger charge is -2.10. The highest BCUT2D eigenvalue weighted by atomic mass is 35.5. The molecule has 27 heavy (non-hydrogen) atoms. The van der Waals surface area contributed by atoms with Crippen molar-refractivity contribution in [3.8, 4) is 5.75 Å². The Bertz CT molecular complexity index is 957. The third-order valence-corrected chi connectivity index (χ3v) is 4.98. The molecule has 2 amide bonds. The average Bonchev–Trinajstić information content (AvgIpc) is 3.04. The maximum absolute atomic E-state index is 12.1. The predicted molar refractivity (Wildman–Crippen MR) is 109 cm³/mol. The molecule has 9 heteroatoms. The fraction of sp³-hybridized carbons (Fsp3) is 0.167. The van der Waals surface area contributed by atoms with Crippen molar-refractivity contribution >= 4 is 51.4 Å². The molecule has 6 nitrogen and oxygen atoms in total. The van der Waals surface area contributed by atoms with E-state index < -0.39 is 6.03 Å². The smallest absolute Gasteiger partial charge is 0.325 e. The first-order valence-electron chi connectivity index (χ1n) is 7.97. The molecule has 0 saturated carbocycles. The van der Waals surface area contributed by atoms with Crippen LogP contribution in [0.2, 0.25) is 10.0 Å². The van der Waals surface area contributed by atoms with E-state index in [0.717, 1.165) is 16.9 Å². The molecule has 0 bridgehead atoms. The van der Waals surface area contributed by atoms with E-state index >= 15 is 0 Å². The topological polar surface area (TPSA) is 76.1 Å².